The summed E-state index contributed by atoms with van der Waals surface area (Å²) < 4.78 is 10.6. The number of carbonyl (C=O) groups excluding carboxylic acids is 1. The first kappa shape index (κ1) is 13.9. The van der Waals surface area contributed by atoms with Gasteiger partial charge in [-0.3, -0.25) is 9.69 Å². The summed E-state index contributed by atoms with van der Waals surface area (Å²) in [6, 6.07) is 5.79. The van der Waals surface area contributed by atoms with Gasteiger partial charge in [-0.1, -0.05) is 12.1 Å². The van der Waals surface area contributed by atoms with Crippen LogP contribution in [0.3, 0.4) is 0 Å². The lowest BCUT2D eigenvalue weighted by atomic mass is 10.1. The number of benzene rings is 1. The van der Waals surface area contributed by atoms with Crippen molar-refractivity contribution in [1.29, 1.82) is 0 Å². The summed E-state index contributed by atoms with van der Waals surface area (Å²) in [5.41, 5.74) is 1.24. The Hall–Kier alpha value is -2.08. The van der Waals surface area contributed by atoms with Crippen LogP contribution in [-0.2, 0) is 4.79 Å². The molecule has 3 rings (SSSR count). The van der Waals surface area contributed by atoms with Gasteiger partial charge in [0.05, 0.1) is 14.2 Å². The molecule has 0 bridgehead atoms. The normalized spacial score (nSPS) is 19.9. The van der Waals surface area contributed by atoms with Gasteiger partial charge in [0.1, 0.15) is 5.70 Å². The zero-order chi connectivity index (χ0) is 15.0. The smallest absolute Gasteiger partial charge is 0.276 e. The summed E-state index contributed by atoms with van der Waals surface area (Å²) in [5, 5.41) is 3.47. The zero-order valence-electron chi connectivity index (χ0n) is 11.9. The molecule has 5 nitrogen and oxygen atoms in total. The van der Waals surface area contributed by atoms with Crippen LogP contribution in [0.1, 0.15) is 18.4 Å². The monoisotopic (exact) mass is 304 g/mol. The molecule has 1 N–H and O–H groups in total. The quantitative estimate of drug-likeness (QED) is 0.680. The van der Waals surface area contributed by atoms with Gasteiger partial charge in [-0.25, -0.2) is 0 Å². The minimum absolute atomic E-state index is 0.0765. The minimum atomic E-state index is -0.0765. The van der Waals surface area contributed by atoms with E-state index >= 15 is 0 Å². The highest BCUT2D eigenvalue weighted by Crippen LogP contribution is 2.34. The van der Waals surface area contributed by atoms with Crippen LogP contribution in [0.5, 0.6) is 11.5 Å². The van der Waals surface area contributed by atoms with Gasteiger partial charge in [0.15, 0.2) is 16.6 Å². The summed E-state index contributed by atoms with van der Waals surface area (Å²) in [7, 11) is 3.16. The second-order valence-electron chi connectivity index (χ2n) is 4.98. The average molecular weight is 304 g/mol. The molecule has 110 valence electrons. The van der Waals surface area contributed by atoms with Crippen LogP contribution in [0.2, 0.25) is 0 Å². The van der Waals surface area contributed by atoms with E-state index in [1.54, 1.807) is 25.2 Å². The van der Waals surface area contributed by atoms with E-state index in [0.29, 0.717) is 22.3 Å². The van der Waals surface area contributed by atoms with Crippen LogP contribution < -0.4 is 14.8 Å². The predicted octanol–water partition coefficient (Wildman–Crippen LogP) is 1.92. The minimum Gasteiger partial charge on any atom is -0.493 e. The second-order valence-corrected chi connectivity index (χ2v) is 5.36. The van der Waals surface area contributed by atoms with E-state index in [9.17, 15) is 4.79 Å². The Morgan fingerprint density at radius 2 is 2.10 bits per heavy atom. The number of para-hydroxylation sites is 1. The van der Waals surface area contributed by atoms with Gasteiger partial charge in [-0.2, -0.15) is 0 Å². The first-order valence-corrected chi connectivity index (χ1v) is 7.13. The predicted molar refractivity (Wildman–Crippen MR) is 83.1 cm³/mol. The van der Waals surface area contributed by atoms with Gasteiger partial charge < -0.3 is 14.8 Å². The number of carbonyl (C=O) groups is 1. The van der Waals surface area contributed by atoms with Gasteiger partial charge in [0, 0.05) is 11.6 Å². The van der Waals surface area contributed by atoms with Crippen LogP contribution >= 0.6 is 12.2 Å². The van der Waals surface area contributed by atoms with Crippen LogP contribution in [0.4, 0.5) is 0 Å². The Kier molecular flexibility index (Phi) is 3.55. The molecule has 2 fully saturated rings. The fraction of sp³-hybridized carbons (Fsp3) is 0.333. The topological polar surface area (TPSA) is 50.8 Å². The highest BCUT2D eigenvalue weighted by atomic mass is 32.1. The van der Waals surface area contributed by atoms with Crippen molar-refractivity contribution in [3.8, 4) is 11.5 Å². The maximum absolute atomic E-state index is 12.4. The largest absolute Gasteiger partial charge is 0.493 e. The SMILES string of the molecule is COc1cccc(/C=C2/NC(=S)N(C3CC3)C2=O)c1OC. The fourth-order valence-corrected chi connectivity index (χ4v) is 2.74. The first-order valence-electron chi connectivity index (χ1n) is 6.73. The van der Waals surface area contributed by atoms with Gasteiger partial charge in [-0.05, 0) is 37.2 Å². The Labute approximate surface area is 128 Å². The lowest BCUT2D eigenvalue weighted by molar-refractivity contribution is -0.122. The van der Waals surface area contributed by atoms with Crippen molar-refractivity contribution < 1.29 is 14.3 Å². The second kappa shape index (κ2) is 5.37. The third-order valence-electron chi connectivity index (χ3n) is 3.55. The van der Waals surface area contributed by atoms with Gasteiger partial charge in [0.25, 0.3) is 5.91 Å². The molecule has 2 aliphatic rings. The van der Waals surface area contributed by atoms with Gasteiger partial charge in [0.2, 0.25) is 0 Å². The number of amides is 1. The molecule has 1 aliphatic heterocycles. The maximum Gasteiger partial charge on any atom is 0.276 e. The number of ether oxygens (including phenoxy) is 2. The van der Waals surface area contributed by atoms with Gasteiger partial charge in [-0.15, -0.1) is 0 Å². The summed E-state index contributed by atoms with van der Waals surface area (Å²) in [5.74, 6) is 1.14. The molecule has 21 heavy (non-hydrogen) atoms. The Morgan fingerprint density at radius 1 is 1.33 bits per heavy atom. The molecule has 0 radical (unpaired) electrons. The number of thiocarbonyl (C=S) groups is 1. The molecular weight excluding hydrogens is 288 g/mol. The number of nitrogens with one attached hydrogen (secondary N) is 1. The van der Waals surface area contributed by atoms with E-state index < -0.39 is 0 Å². The number of hydrogen-bond acceptors (Lipinski definition) is 4. The van der Waals surface area contributed by atoms with E-state index in [1.165, 1.54) is 0 Å². The number of nitrogens with zero attached hydrogens (tertiary/aromatic N) is 1. The maximum atomic E-state index is 12.4. The number of hydrogen-bond donors (Lipinski definition) is 1. The van der Waals surface area contributed by atoms with Gasteiger partial charge >= 0.3 is 0 Å². The molecule has 1 saturated heterocycles. The summed E-state index contributed by atoms with van der Waals surface area (Å²) >= 11 is 5.23. The molecule has 1 amide bonds. The van der Waals surface area contributed by atoms with Crippen LogP contribution in [0.15, 0.2) is 23.9 Å². The summed E-state index contributed by atoms with van der Waals surface area (Å²) in [6.07, 6.45) is 3.78. The van der Waals surface area contributed by atoms with E-state index in [0.717, 1.165) is 18.4 Å². The van der Waals surface area contributed by atoms with Crippen LogP contribution in [0.25, 0.3) is 6.08 Å². The molecule has 1 heterocycles. The van der Waals surface area contributed by atoms with Crippen molar-refractivity contribution in [3.63, 3.8) is 0 Å². The molecule has 0 spiro atoms. The highest BCUT2D eigenvalue weighted by molar-refractivity contribution is 7.80. The lowest BCUT2D eigenvalue weighted by Gasteiger charge is -2.11. The van der Waals surface area contributed by atoms with Crippen molar-refractivity contribution in [1.82, 2.24) is 10.2 Å². The lowest BCUT2D eigenvalue weighted by Crippen LogP contribution is -2.32. The van der Waals surface area contributed by atoms with Crippen molar-refractivity contribution in [2.24, 2.45) is 0 Å². The number of rotatable bonds is 4. The van der Waals surface area contributed by atoms with Crippen molar-refractivity contribution in [2.75, 3.05) is 14.2 Å². The highest BCUT2D eigenvalue weighted by Gasteiger charge is 2.41. The average Bonchev–Trinajstić information content (AvgIpc) is 3.26. The van der Waals surface area contributed by atoms with Crippen LogP contribution in [0, 0.1) is 0 Å². The molecule has 1 aromatic rings. The zero-order valence-corrected chi connectivity index (χ0v) is 12.7. The first-order chi connectivity index (χ1) is 10.2. The van der Waals surface area contributed by atoms with E-state index in [2.05, 4.69) is 5.32 Å². The third-order valence-corrected chi connectivity index (χ3v) is 3.85. The fourth-order valence-electron chi connectivity index (χ4n) is 2.39. The molecule has 6 heteroatoms. The number of methoxy groups -OCH3 is 2. The summed E-state index contributed by atoms with van der Waals surface area (Å²) in [6.45, 7) is 0. The van der Waals surface area contributed by atoms with Crippen molar-refractivity contribution in [3.05, 3.63) is 29.5 Å². The standard InChI is InChI=1S/C15H16N2O3S/c1-19-12-5-3-4-9(13(12)20-2)8-11-14(18)17(10-6-7-10)15(21)16-11/h3-5,8,10H,6-7H2,1-2H3,(H,16,21)/b11-8+. The van der Waals surface area contributed by atoms with Crippen molar-refractivity contribution >= 4 is 29.3 Å². The molecule has 1 saturated carbocycles. The van der Waals surface area contributed by atoms with Crippen LogP contribution in [-0.4, -0.2) is 36.2 Å². The van der Waals surface area contributed by atoms with E-state index in [-0.39, 0.29) is 11.9 Å². The van der Waals surface area contributed by atoms with E-state index in [1.807, 2.05) is 18.2 Å². The molecule has 1 aliphatic carbocycles. The summed E-state index contributed by atoms with van der Waals surface area (Å²) in [4.78, 5) is 14.1. The Bertz CT molecular complexity index is 638. The Morgan fingerprint density at radius 3 is 2.71 bits per heavy atom. The van der Waals surface area contributed by atoms with Crippen molar-refractivity contribution in [2.45, 2.75) is 18.9 Å². The Balaban J connectivity index is 1.95. The molecule has 0 aromatic heterocycles. The van der Waals surface area contributed by atoms with E-state index in [4.69, 9.17) is 21.7 Å². The molecular formula is C15H16N2O3S. The molecule has 0 atom stereocenters. The molecule has 0 unspecified atom stereocenters. The third kappa shape index (κ3) is 2.47. The molecule has 1 aromatic carbocycles.